The van der Waals surface area contributed by atoms with E-state index in [9.17, 15) is 4.39 Å². The Morgan fingerprint density at radius 2 is 2.05 bits per heavy atom. The largest absolute Gasteiger partial charge is 0.466 e. The third kappa shape index (κ3) is 5.04. The molecule has 120 valence electrons. The molecule has 22 heavy (non-hydrogen) atoms. The van der Waals surface area contributed by atoms with Gasteiger partial charge >= 0.3 is 0 Å². The minimum absolute atomic E-state index is 0.343. The van der Waals surface area contributed by atoms with Crippen molar-refractivity contribution in [3.05, 3.63) is 71.9 Å². The predicted octanol–water partition coefficient (Wildman–Crippen LogP) is 4.37. The lowest BCUT2D eigenvalue weighted by Crippen LogP contribution is -2.29. The van der Waals surface area contributed by atoms with Gasteiger partial charge in [0, 0.05) is 19.2 Å². The molecule has 0 amide bonds. The van der Waals surface area contributed by atoms with Crippen LogP contribution >= 0.6 is 0 Å². The molecular weight excluding hydrogens is 281 g/mol. The van der Waals surface area contributed by atoms with Crippen molar-refractivity contribution in [3.63, 3.8) is 0 Å². The van der Waals surface area contributed by atoms with Crippen LogP contribution in [-0.4, -0.2) is 6.61 Å². The normalized spacial score (nSPS) is 14.8. The zero-order valence-electron chi connectivity index (χ0n) is 13.4. The fraction of sp³-hybridized carbons (Fsp3) is 0.333. The Bertz CT molecular complexity index is 566. The lowest BCUT2D eigenvalue weighted by atomic mass is 10.1. The number of allylic oxidation sites excluding steroid dienone is 4. The van der Waals surface area contributed by atoms with E-state index in [-0.39, 0.29) is 5.82 Å². The van der Waals surface area contributed by atoms with Crippen LogP contribution in [0.3, 0.4) is 0 Å². The zero-order chi connectivity index (χ0) is 16.6. The average Bonchev–Trinajstić information content (AvgIpc) is 2.47. The van der Waals surface area contributed by atoms with E-state index in [4.69, 9.17) is 15.2 Å². The lowest BCUT2D eigenvalue weighted by molar-refractivity contribution is -0.202. The van der Waals surface area contributed by atoms with Gasteiger partial charge in [0.05, 0.1) is 11.8 Å². The highest BCUT2D eigenvalue weighted by Gasteiger charge is 2.31. The molecule has 4 heteroatoms. The van der Waals surface area contributed by atoms with Crippen molar-refractivity contribution >= 4 is 0 Å². The van der Waals surface area contributed by atoms with Crippen molar-refractivity contribution < 1.29 is 13.9 Å². The molecule has 0 aliphatic carbocycles. The Labute approximate surface area is 131 Å². The topological polar surface area (TPSA) is 44.5 Å². The van der Waals surface area contributed by atoms with Gasteiger partial charge in [-0.2, -0.15) is 0 Å². The molecule has 3 nitrogen and oxygen atoms in total. The van der Waals surface area contributed by atoms with Crippen LogP contribution in [0.4, 0.5) is 4.39 Å². The highest BCUT2D eigenvalue weighted by atomic mass is 19.1. The summed E-state index contributed by atoms with van der Waals surface area (Å²) in [7, 11) is 0. The summed E-state index contributed by atoms with van der Waals surface area (Å²) in [6, 6.07) is 6.39. The Kier molecular flexibility index (Phi) is 6.86. The maximum atomic E-state index is 14.0. The summed E-state index contributed by atoms with van der Waals surface area (Å²) in [4.78, 5) is 0. The van der Waals surface area contributed by atoms with E-state index < -0.39 is 5.79 Å². The molecule has 2 N–H and O–H groups in total. The molecule has 0 heterocycles. The van der Waals surface area contributed by atoms with Crippen LogP contribution in [0.15, 0.2) is 60.5 Å². The summed E-state index contributed by atoms with van der Waals surface area (Å²) in [5.74, 6) is -1.57. The molecule has 0 aromatic heterocycles. The van der Waals surface area contributed by atoms with E-state index in [2.05, 4.69) is 6.58 Å². The standard InChI is InChI=1S/C18H24FNO2/c1-5-15(20)13-14(3)11-12-22-18(4,21-6-2)16-9-7-8-10-17(16)19/h7-13H,3,5-6,20H2,1-2,4H3/b12-11+,15-13+. The second-order valence-electron chi connectivity index (χ2n) is 4.93. The van der Waals surface area contributed by atoms with Gasteiger partial charge in [-0.05, 0) is 43.2 Å². The number of nitrogens with two attached hydrogens (primary N) is 1. The fourth-order valence-electron chi connectivity index (χ4n) is 1.92. The van der Waals surface area contributed by atoms with E-state index in [0.717, 1.165) is 12.1 Å². The van der Waals surface area contributed by atoms with Crippen molar-refractivity contribution in [1.82, 2.24) is 0 Å². The van der Waals surface area contributed by atoms with Crippen LogP contribution in [0.1, 0.15) is 32.8 Å². The van der Waals surface area contributed by atoms with Crippen LogP contribution in [-0.2, 0) is 15.3 Å². The van der Waals surface area contributed by atoms with Gasteiger partial charge in [0.15, 0.2) is 0 Å². The zero-order valence-corrected chi connectivity index (χ0v) is 13.4. The van der Waals surface area contributed by atoms with Crippen LogP contribution < -0.4 is 5.73 Å². The van der Waals surface area contributed by atoms with Gasteiger partial charge in [0.1, 0.15) is 5.82 Å². The second-order valence-corrected chi connectivity index (χ2v) is 4.93. The summed E-state index contributed by atoms with van der Waals surface area (Å²) in [6.07, 6.45) is 5.63. The maximum Gasteiger partial charge on any atom is 0.236 e. The minimum Gasteiger partial charge on any atom is -0.466 e. The summed E-state index contributed by atoms with van der Waals surface area (Å²) >= 11 is 0. The monoisotopic (exact) mass is 305 g/mol. The molecule has 1 aromatic rings. The number of benzene rings is 1. The van der Waals surface area contributed by atoms with Crippen molar-refractivity contribution in [3.8, 4) is 0 Å². The van der Waals surface area contributed by atoms with Gasteiger partial charge in [-0.1, -0.05) is 25.6 Å². The number of rotatable bonds is 8. The Morgan fingerprint density at radius 1 is 1.36 bits per heavy atom. The summed E-state index contributed by atoms with van der Waals surface area (Å²) in [5.41, 5.74) is 7.52. The molecule has 0 aliphatic heterocycles. The van der Waals surface area contributed by atoms with Crippen molar-refractivity contribution in [2.24, 2.45) is 5.73 Å². The Morgan fingerprint density at radius 3 is 2.64 bits per heavy atom. The van der Waals surface area contributed by atoms with Crippen molar-refractivity contribution in [2.45, 2.75) is 33.0 Å². The van der Waals surface area contributed by atoms with E-state index >= 15 is 0 Å². The average molecular weight is 305 g/mol. The SMILES string of the molecule is C=C(/C=C/OC(C)(OCC)c1ccccc1F)/C=C(/N)CC. The minimum atomic E-state index is -1.20. The third-order valence-corrected chi connectivity index (χ3v) is 3.14. The molecule has 0 saturated heterocycles. The first-order chi connectivity index (χ1) is 10.4. The number of hydrogen-bond donors (Lipinski definition) is 1. The number of hydrogen-bond acceptors (Lipinski definition) is 3. The van der Waals surface area contributed by atoms with E-state index in [1.165, 1.54) is 12.3 Å². The molecule has 0 aliphatic rings. The van der Waals surface area contributed by atoms with Gasteiger partial charge in [-0.15, -0.1) is 0 Å². The highest BCUT2D eigenvalue weighted by molar-refractivity contribution is 5.29. The Balaban J connectivity index is 2.89. The fourth-order valence-corrected chi connectivity index (χ4v) is 1.92. The van der Waals surface area contributed by atoms with E-state index in [1.54, 1.807) is 37.3 Å². The number of halogens is 1. The van der Waals surface area contributed by atoms with E-state index in [1.807, 2.05) is 13.8 Å². The second kappa shape index (κ2) is 8.39. The molecule has 0 fully saturated rings. The van der Waals surface area contributed by atoms with Crippen LogP contribution in [0, 0.1) is 5.82 Å². The van der Waals surface area contributed by atoms with Gasteiger partial charge < -0.3 is 15.2 Å². The molecule has 0 bridgehead atoms. The molecule has 0 spiro atoms. The summed E-state index contributed by atoms with van der Waals surface area (Å²) in [5, 5.41) is 0. The summed E-state index contributed by atoms with van der Waals surface area (Å²) < 4.78 is 25.2. The van der Waals surface area contributed by atoms with Crippen LogP contribution in [0.2, 0.25) is 0 Å². The van der Waals surface area contributed by atoms with Gasteiger partial charge in [-0.3, -0.25) is 0 Å². The maximum absolute atomic E-state index is 14.0. The molecule has 0 saturated carbocycles. The van der Waals surface area contributed by atoms with Crippen molar-refractivity contribution in [2.75, 3.05) is 6.61 Å². The van der Waals surface area contributed by atoms with E-state index in [0.29, 0.717) is 17.7 Å². The first kappa shape index (κ1) is 18.0. The molecule has 1 aromatic carbocycles. The Hall–Kier alpha value is -2.07. The molecule has 1 unspecified atom stereocenters. The molecule has 0 radical (unpaired) electrons. The first-order valence-electron chi connectivity index (χ1n) is 7.31. The number of ether oxygens (including phenoxy) is 2. The lowest BCUT2D eigenvalue weighted by Gasteiger charge is -2.29. The third-order valence-electron chi connectivity index (χ3n) is 3.14. The summed E-state index contributed by atoms with van der Waals surface area (Å²) in [6.45, 7) is 9.72. The highest BCUT2D eigenvalue weighted by Crippen LogP contribution is 2.29. The molecule has 1 rings (SSSR count). The smallest absolute Gasteiger partial charge is 0.236 e. The quantitative estimate of drug-likeness (QED) is 0.440. The first-order valence-corrected chi connectivity index (χ1v) is 7.31. The predicted molar refractivity (Wildman–Crippen MR) is 87.3 cm³/mol. The van der Waals surface area contributed by atoms with Crippen molar-refractivity contribution in [1.29, 1.82) is 0 Å². The van der Waals surface area contributed by atoms with Gasteiger partial charge in [0.25, 0.3) is 0 Å². The van der Waals surface area contributed by atoms with Gasteiger partial charge in [0.2, 0.25) is 5.79 Å². The molecule has 1 atom stereocenters. The van der Waals surface area contributed by atoms with Crippen LogP contribution in [0.5, 0.6) is 0 Å². The van der Waals surface area contributed by atoms with Crippen LogP contribution in [0.25, 0.3) is 0 Å². The van der Waals surface area contributed by atoms with Gasteiger partial charge in [-0.25, -0.2) is 4.39 Å². The molecular formula is C18H24FNO2.